The van der Waals surface area contributed by atoms with Crippen LogP contribution in [-0.2, 0) is 0 Å². The monoisotopic (exact) mass is 232 g/mol. The Labute approximate surface area is 99.6 Å². The van der Waals surface area contributed by atoms with Crippen LogP contribution in [0.15, 0.2) is 18.2 Å². The minimum Gasteiger partial charge on any atom is -0.399 e. The molecule has 0 aliphatic rings. The molecule has 1 atom stereocenters. The number of nitrogens with two attached hydrogens (primary N) is 2. The van der Waals surface area contributed by atoms with Gasteiger partial charge in [0, 0.05) is 16.9 Å². The summed E-state index contributed by atoms with van der Waals surface area (Å²) in [5.41, 5.74) is 13.6. The van der Waals surface area contributed by atoms with Gasteiger partial charge in [0.05, 0.1) is 6.04 Å². The minimum atomic E-state index is 0.233. The molecule has 0 bridgehead atoms. The van der Waals surface area contributed by atoms with Gasteiger partial charge in [-0.1, -0.05) is 6.92 Å². The molecule has 0 amide bonds. The number of hydrogen-bond acceptors (Lipinski definition) is 5. The van der Waals surface area contributed by atoms with E-state index in [0.717, 1.165) is 12.0 Å². The maximum absolute atomic E-state index is 5.93. The van der Waals surface area contributed by atoms with Crippen molar-refractivity contribution in [3.8, 4) is 11.4 Å². The summed E-state index contributed by atoms with van der Waals surface area (Å²) in [5.74, 6) is 0.678. The quantitative estimate of drug-likeness (QED) is 0.781. The zero-order chi connectivity index (χ0) is 12.4. The molecule has 17 heavy (non-hydrogen) atoms. The number of aromatic nitrogens is 4. The second kappa shape index (κ2) is 4.40. The molecule has 1 aromatic heterocycles. The molecule has 0 fully saturated rings. The average molecular weight is 232 g/mol. The third-order valence-electron chi connectivity index (χ3n) is 2.82. The predicted molar refractivity (Wildman–Crippen MR) is 67.1 cm³/mol. The molecule has 0 saturated carbocycles. The molecule has 0 aliphatic carbocycles. The Morgan fingerprint density at radius 1 is 1.35 bits per heavy atom. The molecule has 4 N–H and O–H groups in total. The molecule has 90 valence electrons. The third-order valence-corrected chi connectivity index (χ3v) is 2.82. The van der Waals surface area contributed by atoms with E-state index in [1.165, 1.54) is 0 Å². The fraction of sp³-hybridized carbons (Fsp3) is 0.364. The van der Waals surface area contributed by atoms with E-state index in [2.05, 4.69) is 29.4 Å². The number of nitrogen functional groups attached to an aromatic ring is 2. The van der Waals surface area contributed by atoms with Crippen LogP contribution in [0.1, 0.15) is 26.3 Å². The molecule has 2 rings (SSSR count). The summed E-state index contributed by atoms with van der Waals surface area (Å²) < 4.78 is 1.78. The average Bonchev–Trinajstić information content (AvgIpc) is 2.77. The standard InChI is InChI=1S/C11H16N6/c1-3-7(2)17-11(14-15-16-17)9-5-4-8(12)6-10(9)13/h4-7H,3,12-13H2,1-2H3. The lowest BCUT2D eigenvalue weighted by molar-refractivity contribution is 0.469. The van der Waals surface area contributed by atoms with Crippen LogP contribution in [-0.4, -0.2) is 20.2 Å². The maximum Gasteiger partial charge on any atom is 0.184 e. The third kappa shape index (κ3) is 2.06. The van der Waals surface area contributed by atoms with Gasteiger partial charge in [0.2, 0.25) is 0 Å². The summed E-state index contributed by atoms with van der Waals surface area (Å²) in [5, 5.41) is 11.7. The molecule has 1 heterocycles. The van der Waals surface area contributed by atoms with Crippen molar-refractivity contribution in [3.63, 3.8) is 0 Å². The number of nitrogens with zero attached hydrogens (tertiary/aromatic N) is 4. The van der Waals surface area contributed by atoms with Crippen LogP contribution in [0.4, 0.5) is 11.4 Å². The summed E-state index contributed by atoms with van der Waals surface area (Å²) in [6, 6.07) is 5.58. The number of tetrazole rings is 1. The molecule has 0 saturated heterocycles. The highest BCUT2D eigenvalue weighted by atomic mass is 15.5. The van der Waals surface area contributed by atoms with Crippen LogP contribution in [0, 0.1) is 0 Å². The summed E-state index contributed by atoms with van der Waals surface area (Å²) in [6.45, 7) is 4.15. The van der Waals surface area contributed by atoms with Gasteiger partial charge in [0.1, 0.15) is 0 Å². The van der Waals surface area contributed by atoms with Crippen molar-refractivity contribution in [2.24, 2.45) is 0 Å². The highest BCUT2D eigenvalue weighted by molar-refractivity contribution is 5.74. The first-order valence-corrected chi connectivity index (χ1v) is 5.56. The van der Waals surface area contributed by atoms with Gasteiger partial charge in [-0.2, -0.15) is 0 Å². The van der Waals surface area contributed by atoms with Crippen LogP contribution < -0.4 is 11.5 Å². The van der Waals surface area contributed by atoms with Crippen LogP contribution in [0.5, 0.6) is 0 Å². The first kappa shape index (κ1) is 11.4. The largest absolute Gasteiger partial charge is 0.399 e. The summed E-state index contributed by atoms with van der Waals surface area (Å²) in [6.07, 6.45) is 0.951. The molecular weight excluding hydrogens is 216 g/mol. The van der Waals surface area contributed by atoms with Crippen molar-refractivity contribution in [1.29, 1.82) is 0 Å². The molecule has 1 unspecified atom stereocenters. The maximum atomic E-state index is 5.93. The van der Waals surface area contributed by atoms with Crippen molar-refractivity contribution in [2.45, 2.75) is 26.3 Å². The number of anilines is 2. The van der Waals surface area contributed by atoms with E-state index in [-0.39, 0.29) is 6.04 Å². The highest BCUT2D eigenvalue weighted by Crippen LogP contribution is 2.27. The van der Waals surface area contributed by atoms with Crippen LogP contribution in [0.25, 0.3) is 11.4 Å². The van der Waals surface area contributed by atoms with E-state index in [9.17, 15) is 0 Å². The Kier molecular flexibility index (Phi) is 2.95. The van der Waals surface area contributed by atoms with Crippen molar-refractivity contribution < 1.29 is 0 Å². The van der Waals surface area contributed by atoms with Crippen LogP contribution in [0.2, 0.25) is 0 Å². The SMILES string of the molecule is CCC(C)n1nnnc1-c1ccc(N)cc1N. The Morgan fingerprint density at radius 2 is 2.12 bits per heavy atom. The van der Waals surface area contributed by atoms with Crippen molar-refractivity contribution in [1.82, 2.24) is 20.2 Å². The molecule has 0 spiro atoms. The second-order valence-electron chi connectivity index (χ2n) is 4.05. The fourth-order valence-corrected chi connectivity index (χ4v) is 1.63. The Balaban J connectivity index is 2.50. The smallest absolute Gasteiger partial charge is 0.184 e. The van der Waals surface area contributed by atoms with E-state index in [1.54, 1.807) is 16.8 Å². The van der Waals surface area contributed by atoms with Crippen molar-refractivity contribution in [3.05, 3.63) is 18.2 Å². The summed E-state index contributed by atoms with van der Waals surface area (Å²) in [4.78, 5) is 0. The zero-order valence-electron chi connectivity index (χ0n) is 9.96. The van der Waals surface area contributed by atoms with Crippen molar-refractivity contribution in [2.75, 3.05) is 11.5 Å². The first-order valence-electron chi connectivity index (χ1n) is 5.56. The topological polar surface area (TPSA) is 95.6 Å². The van der Waals surface area contributed by atoms with Gasteiger partial charge in [-0.3, -0.25) is 0 Å². The Hall–Kier alpha value is -2.11. The van der Waals surface area contributed by atoms with Gasteiger partial charge < -0.3 is 11.5 Å². The first-order chi connectivity index (χ1) is 8.13. The van der Waals surface area contributed by atoms with E-state index in [1.807, 2.05) is 6.07 Å². The van der Waals surface area contributed by atoms with Gasteiger partial charge in [0.25, 0.3) is 0 Å². The van der Waals surface area contributed by atoms with Gasteiger partial charge >= 0.3 is 0 Å². The molecule has 6 nitrogen and oxygen atoms in total. The van der Waals surface area contributed by atoms with Gasteiger partial charge in [-0.15, -0.1) is 5.10 Å². The number of hydrogen-bond donors (Lipinski definition) is 2. The predicted octanol–water partition coefficient (Wildman–Crippen LogP) is 1.48. The van der Waals surface area contributed by atoms with Gasteiger partial charge in [0.15, 0.2) is 5.82 Å². The zero-order valence-corrected chi connectivity index (χ0v) is 9.96. The van der Waals surface area contributed by atoms with E-state index in [0.29, 0.717) is 17.2 Å². The summed E-state index contributed by atoms with van der Waals surface area (Å²) >= 11 is 0. The minimum absolute atomic E-state index is 0.233. The Bertz CT molecular complexity index is 518. The van der Waals surface area contributed by atoms with Crippen LogP contribution >= 0.6 is 0 Å². The molecule has 2 aromatic rings. The second-order valence-corrected chi connectivity index (χ2v) is 4.05. The van der Waals surface area contributed by atoms with Gasteiger partial charge in [-0.25, -0.2) is 4.68 Å². The fourth-order valence-electron chi connectivity index (χ4n) is 1.63. The van der Waals surface area contributed by atoms with Gasteiger partial charge in [-0.05, 0) is 42.0 Å². The lowest BCUT2D eigenvalue weighted by Crippen LogP contribution is -2.08. The van der Waals surface area contributed by atoms with E-state index < -0.39 is 0 Å². The molecule has 6 heteroatoms. The Morgan fingerprint density at radius 3 is 2.76 bits per heavy atom. The van der Waals surface area contributed by atoms with E-state index in [4.69, 9.17) is 11.5 Å². The number of benzene rings is 1. The summed E-state index contributed by atoms with van der Waals surface area (Å²) in [7, 11) is 0. The van der Waals surface area contributed by atoms with Crippen LogP contribution in [0.3, 0.4) is 0 Å². The number of rotatable bonds is 3. The molecule has 0 radical (unpaired) electrons. The lowest BCUT2D eigenvalue weighted by Gasteiger charge is -2.12. The molecular formula is C11H16N6. The molecule has 1 aromatic carbocycles. The lowest BCUT2D eigenvalue weighted by atomic mass is 10.1. The highest BCUT2D eigenvalue weighted by Gasteiger charge is 2.15. The van der Waals surface area contributed by atoms with E-state index >= 15 is 0 Å². The normalized spacial score (nSPS) is 12.6. The van der Waals surface area contributed by atoms with Crippen molar-refractivity contribution >= 4 is 11.4 Å². The molecule has 0 aliphatic heterocycles.